The fraction of sp³-hybridized carbons (Fsp3) is 0.632. The van der Waals surface area contributed by atoms with Crippen LogP contribution < -0.4 is 19.7 Å². The Morgan fingerprint density at radius 3 is 2.24 bits per heavy atom. The molecule has 0 saturated carbocycles. The van der Waals surface area contributed by atoms with Gasteiger partial charge in [0.05, 0.1) is 0 Å². The van der Waals surface area contributed by atoms with Crippen LogP contribution in [0.3, 0.4) is 0 Å². The van der Waals surface area contributed by atoms with E-state index in [1.165, 1.54) is 38.2 Å². The first-order valence-electron chi connectivity index (χ1n) is 9.26. The molecule has 1 amide bonds. The monoisotopic (exact) mass is 475 g/mol. The van der Waals surface area contributed by atoms with Crippen LogP contribution in [-0.2, 0) is 24.6 Å². The van der Waals surface area contributed by atoms with Crippen molar-refractivity contribution in [3.8, 4) is 17.2 Å². The first-order valence-corrected chi connectivity index (χ1v) is 11.0. The molecule has 0 aromatic heterocycles. The van der Waals surface area contributed by atoms with Crippen molar-refractivity contribution in [3.63, 3.8) is 0 Å². The molecule has 1 saturated heterocycles. The van der Waals surface area contributed by atoms with Gasteiger partial charge in [0.25, 0.3) is 0 Å². The Balaban J connectivity index is 2.75. The van der Waals surface area contributed by atoms with Crippen LogP contribution in [0.4, 0.5) is 0 Å². The maximum absolute atomic E-state index is 13.1. The summed E-state index contributed by atoms with van der Waals surface area (Å²) in [5.74, 6) is 0.310. The summed E-state index contributed by atoms with van der Waals surface area (Å²) in [6.07, 6.45) is -0.981. The number of amides is 1. The van der Waals surface area contributed by atoms with E-state index in [4.69, 9.17) is 28.4 Å². The molecule has 1 aliphatic rings. The van der Waals surface area contributed by atoms with E-state index >= 15 is 0 Å². The van der Waals surface area contributed by atoms with E-state index < -0.39 is 29.8 Å². The zero-order chi connectivity index (χ0) is 21.6. The Bertz CT molecular complexity index is 678. The standard InChI is InChI=1S/C19H30AsNO8/c1-6-7-28-17-16(27-5)14(10-20)29-19(17,18(22)21-23)11-8-12(24-2)15(26-4)13(9-11)25-3/h8-9,14,16-17,23H,6-7,10,20H2,1-5H3,(H,21,22). The first kappa shape index (κ1) is 23.8. The van der Waals surface area contributed by atoms with Gasteiger partial charge in [-0.05, 0) is 0 Å². The molecule has 29 heavy (non-hydrogen) atoms. The molecule has 1 heterocycles. The first-order chi connectivity index (χ1) is 14.0. The fourth-order valence-corrected chi connectivity index (χ4v) is 4.40. The van der Waals surface area contributed by atoms with E-state index in [1.54, 1.807) is 24.7 Å². The predicted octanol–water partition coefficient (Wildman–Crippen LogP) is 0.674. The second kappa shape index (κ2) is 10.5. The number of benzene rings is 1. The molecular weight excluding hydrogens is 445 g/mol. The van der Waals surface area contributed by atoms with Gasteiger partial charge in [-0.3, -0.25) is 0 Å². The minimum atomic E-state index is -1.67. The Hall–Kier alpha value is -1.51. The van der Waals surface area contributed by atoms with Crippen molar-refractivity contribution in [3.05, 3.63) is 17.7 Å². The molecular formula is C19H30AsNO8. The molecule has 0 aliphatic carbocycles. The Morgan fingerprint density at radius 1 is 1.21 bits per heavy atom. The predicted molar refractivity (Wildman–Crippen MR) is 107 cm³/mol. The number of carbonyl (C=O) groups excluding carboxylic acids is 1. The van der Waals surface area contributed by atoms with Crippen molar-refractivity contribution >= 4 is 22.8 Å². The average molecular weight is 475 g/mol. The average Bonchev–Trinajstić information content (AvgIpc) is 3.09. The van der Waals surface area contributed by atoms with Gasteiger partial charge in [-0.25, -0.2) is 0 Å². The summed E-state index contributed by atoms with van der Waals surface area (Å²) in [5, 5.41) is 10.2. The van der Waals surface area contributed by atoms with E-state index in [2.05, 4.69) is 0 Å². The molecule has 5 atom stereocenters. The zero-order valence-corrected chi connectivity index (χ0v) is 19.8. The second-order valence-electron chi connectivity index (χ2n) is 6.47. The van der Waals surface area contributed by atoms with Crippen LogP contribution in [-0.4, -0.2) is 81.3 Å². The van der Waals surface area contributed by atoms with Crippen LogP contribution in [0.25, 0.3) is 0 Å². The van der Waals surface area contributed by atoms with Crippen LogP contribution in [0.2, 0.25) is 5.21 Å². The van der Waals surface area contributed by atoms with Gasteiger partial charge in [0.1, 0.15) is 0 Å². The van der Waals surface area contributed by atoms with E-state index in [0.29, 0.717) is 34.6 Å². The fourth-order valence-electron chi connectivity index (χ4n) is 3.64. The minimum absolute atomic E-state index is 0.350. The van der Waals surface area contributed by atoms with Crippen LogP contribution in [0.1, 0.15) is 18.9 Å². The van der Waals surface area contributed by atoms with Crippen molar-refractivity contribution in [1.29, 1.82) is 0 Å². The van der Waals surface area contributed by atoms with E-state index in [1.807, 2.05) is 6.92 Å². The SMILES string of the molecule is CCCOC1C(OC)C(C[AsH2])OC1(C(=O)NO)c1cc(OC)c(OC)c(OC)c1. The van der Waals surface area contributed by atoms with Gasteiger partial charge in [0.15, 0.2) is 0 Å². The molecule has 1 aromatic carbocycles. The summed E-state index contributed by atoms with van der Waals surface area (Å²) in [4.78, 5) is 13.1. The van der Waals surface area contributed by atoms with Gasteiger partial charge in [0.2, 0.25) is 0 Å². The number of ether oxygens (including phenoxy) is 6. The van der Waals surface area contributed by atoms with Crippen molar-refractivity contribution in [2.45, 2.75) is 42.5 Å². The number of nitrogens with one attached hydrogen (secondary N) is 1. The van der Waals surface area contributed by atoms with Crippen molar-refractivity contribution in [1.82, 2.24) is 5.48 Å². The topological polar surface area (TPSA) is 105 Å². The Kier molecular flexibility index (Phi) is 8.60. The van der Waals surface area contributed by atoms with Crippen LogP contribution in [0.5, 0.6) is 17.2 Å². The summed E-state index contributed by atoms with van der Waals surface area (Å²) < 4.78 is 34.2. The number of methoxy groups -OCH3 is 4. The van der Waals surface area contributed by atoms with E-state index in [0.717, 1.165) is 6.42 Å². The molecule has 2 rings (SSSR count). The molecule has 0 bridgehead atoms. The summed E-state index contributed by atoms with van der Waals surface area (Å²) in [5.41, 5.74) is 0.459. The number of hydrogen-bond donors (Lipinski definition) is 2. The number of hydroxylamine groups is 1. The van der Waals surface area contributed by atoms with Crippen LogP contribution in [0, 0.1) is 0 Å². The molecule has 0 spiro atoms. The molecule has 1 aromatic rings. The Morgan fingerprint density at radius 2 is 1.83 bits per heavy atom. The number of hydrogen-bond acceptors (Lipinski definition) is 8. The van der Waals surface area contributed by atoms with Gasteiger partial charge in [-0.2, -0.15) is 0 Å². The third kappa shape index (κ3) is 4.20. The van der Waals surface area contributed by atoms with E-state index in [9.17, 15) is 10.0 Å². The van der Waals surface area contributed by atoms with Gasteiger partial charge in [-0.15, -0.1) is 0 Å². The maximum atomic E-state index is 13.1. The molecule has 1 aliphatic heterocycles. The van der Waals surface area contributed by atoms with Crippen molar-refractivity contribution in [2.24, 2.45) is 0 Å². The normalized spacial score (nSPS) is 26.2. The van der Waals surface area contributed by atoms with Gasteiger partial charge < -0.3 is 0 Å². The quantitative estimate of drug-likeness (QED) is 0.289. The van der Waals surface area contributed by atoms with E-state index in [-0.39, 0.29) is 0 Å². The molecule has 2 N–H and O–H groups in total. The molecule has 5 unspecified atom stereocenters. The molecule has 9 nitrogen and oxygen atoms in total. The molecule has 0 radical (unpaired) electrons. The Labute approximate surface area is 179 Å². The number of carbonyl (C=O) groups is 1. The van der Waals surface area contributed by atoms with Crippen molar-refractivity contribution in [2.75, 3.05) is 35.0 Å². The number of rotatable bonds is 10. The molecule has 10 heteroatoms. The summed E-state index contributed by atoms with van der Waals surface area (Å²) in [6.45, 7) is 2.35. The summed E-state index contributed by atoms with van der Waals surface area (Å²) in [6, 6.07) is 3.24. The van der Waals surface area contributed by atoms with Gasteiger partial charge >= 0.3 is 179 Å². The zero-order valence-electron chi connectivity index (χ0n) is 17.4. The third-order valence-electron chi connectivity index (χ3n) is 4.94. The summed E-state index contributed by atoms with van der Waals surface area (Å²) >= 11 is 1.43. The second-order valence-corrected chi connectivity index (χ2v) is 7.46. The van der Waals surface area contributed by atoms with Gasteiger partial charge in [-0.1, -0.05) is 0 Å². The van der Waals surface area contributed by atoms with Crippen LogP contribution in [0.15, 0.2) is 12.1 Å². The molecule has 164 valence electrons. The van der Waals surface area contributed by atoms with Gasteiger partial charge in [0, 0.05) is 0 Å². The molecule has 1 fully saturated rings. The van der Waals surface area contributed by atoms with Crippen molar-refractivity contribution < 1.29 is 38.4 Å². The van der Waals surface area contributed by atoms with Crippen LogP contribution >= 0.6 is 0 Å². The third-order valence-corrected chi connectivity index (χ3v) is 5.92. The summed E-state index contributed by atoms with van der Waals surface area (Å²) in [7, 11) is 6.01.